The Bertz CT molecular complexity index is 1060. The Morgan fingerprint density at radius 2 is 1.97 bits per heavy atom. The number of amides is 2. The topological polar surface area (TPSA) is 73.2 Å². The summed E-state index contributed by atoms with van der Waals surface area (Å²) in [6, 6.07) is 10.0. The lowest BCUT2D eigenvalue weighted by Crippen LogP contribution is -2.49. The van der Waals surface area contributed by atoms with Gasteiger partial charge in [-0.1, -0.05) is 6.07 Å². The Morgan fingerprint density at radius 1 is 1.20 bits per heavy atom. The van der Waals surface area contributed by atoms with Gasteiger partial charge < -0.3 is 10.2 Å². The molecule has 4 rings (SSSR count). The van der Waals surface area contributed by atoms with Gasteiger partial charge in [0.15, 0.2) is 5.78 Å². The fraction of sp³-hybridized carbons (Fsp3) is 0.318. The molecule has 8 heteroatoms. The number of benzene rings is 2. The van der Waals surface area contributed by atoms with Gasteiger partial charge in [0.1, 0.15) is 17.7 Å². The van der Waals surface area contributed by atoms with Gasteiger partial charge in [-0.25, -0.2) is 13.6 Å². The lowest BCUT2D eigenvalue weighted by atomic mass is 9.88. The molecule has 0 radical (unpaired) electrons. The van der Waals surface area contributed by atoms with E-state index in [9.17, 15) is 18.4 Å². The Hall–Kier alpha value is -2.92. The summed E-state index contributed by atoms with van der Waals surface area (Å²) in [4.78, 5) is 27.6. The van der Waals surface area contributed by atoms with Crippen molar-refractivity contribution in [3.63, 3.8) is 0 Å². The van der Waals surface area contributed by atoms with E-state index in [1.807, 2.05) is 0 Å². The molecule has 30 heavy (non-hydrogen) atoms. The van der Waals surface area contributed by atoms with E-state index < -0.39 is 11.6 Å². The lowest BCUT2D eigenvalue weighted by Gasteiger charge is -2.43. The second-order valence-electron chi connectivity index (χ2n) is 7.60. The molecule has 154 valence electrons. The van der Waals surface area contributed by atoms with Crippen LogP contribution in [0.2, 0.25) is 0 Å². The van der Waals surface area contributed by atoms with Gasteiger partial charge in [0, 0.05) is 41.3 Å². The third-order valence-electron chi connectivity index (χ3n) is 5.61. The van der Waals surface area contributed by atoms with E-state index in [-0.39, 0.29) is 28.7 Å². The number of hydrogen-bond donors (Lipinski definition) is 1. The molecule has 2 aromatic carbocycles. The number of carbonyl (C=O) groups excluding carboxylic acids is 2. The van der Waals surface area contributed by atoms with Crippen LogP contribution in [-0.4, -0.2) is 34.6 Å². The molecule has 0 bridgehead atoms. The van der Waals surface area contributed by atoms with Crippen LogP contribution in [0.1, 0.15) is 40.7 Å². The molecule has 1 saturated heterocycles. The average molecular weight is 427 g/mol. The van der Waals surface area contributed by atoms with Crippen LogP contribution in [0.15, 0.2) is 41.3 Å². The van der Waals surface area contributed by atoms with Crippen molar-refractivity contribution in [1.82, 2.24) is 10.2 Å². The number of Topliss-reactive ketones (excluding diaryl/α,β-unsaturated/α-hetero) is 1. The number of thioether (sulfide) groups is 1. The normalized spacial score (nSPS) is 17.4. The predicted octanol–water partition coefficient (Wildman–Crippen LogP) is 4.26. The molecular weight excluding hydrogens is 408 g/mol. The van der Waals surface area contributed by atoms with Gasteiger partial charge in [-0.2, -0.15) is 5.26 Å². The lowest BCUT2D eigenvalue weighted by molar-refractivity contribution is 0.0943. The number of carbonyl (C=O) groups is 2. The summed E-state index contributed by atoms with van der Waals surface area (Å²) in [5.41, 5.74) is 1.04. The van der Waals surface area contributed by atoms with Gasteiger partial charge in [0.2, 0.25) is 0 Å². The first-order chi connectivity index (χ1) is 14.4. The SMILES string of the molecule is N#Cc1cc(CNC(=O)N2CCC3(CC2)CC(=O)c2cc(F)ccc2S3)ccc1F. The van der Waals surface area contributed by atoms with Crippen LogP contribution in [0.5, 0.6) is 0 Å². The van der Waals surface area contributed by atoms with E-state index in [2.05, 4.69) is 5.32 Å². The van der Waals surface area contributed by atoms with Crippen LogP contribution < -0.4 is 5.32 Å². The van der Waals surface area contributed by atoms with Gasteiger partial charge in [0.25, 0.3) is 0 Å². The molecule has 0 atom stereocenters. The van der Waals surface area contributed by atoms with Crippen molar-refractivity contribution in [2.24, 2.45) is 0 Å². The number of fused-ring (bicyclic) bond motifs is 1. The van der Waals surface area contributed by atoms with E-state index in [4.69, 9.17) is 5.26 Å². The van der Waals surface area contributed by atoms with Crippen LogP contribution in [0, 0.1) is 23.0 Å². The molecule has 0 aromatic heterocycles. The third kappa shape index (κ3) is 4.03. The summed E-state index contributed by atoms with van der Waals surface area (Å²) in [5.74, 6) is -1.04. The molecule has 2 aromatic rings. The summed E-state index contributed by atoms with van der Waals surface area (Å²) >= 11 is 1.61. The molecule has 2 aliphatic rings. The van der Waals surface area contributed by atoms with Crippen molar-refractivity contribution >= 4 is 23.6 Å². The van der Waals surface area contributed by atoms with E-state index in [0.717, 1.165) is 4.90 Å². The number of ketones is 1. The number of rotatable bonds is 2. The highest BCUT2D eigenvalue weighted by Crippen LogP contribution is 2.49. The van der Waals surface area contributed by atoms with Crippen molar-refractivity contribution < 1.29 is 18.4 Å². The first-order valence-electron chi connectivity index (χ1n) is 9.62. The number of hydrogen-bond acceptors (Lipinski definition) is 4. The molecule has 1 spiro atoms. The number of nitriles is 1. The highest BCUT2D eigenvalue weighted by atomic mass is 32.2. The average Bonchev–Trinajstić information content (AvgIpc) is 2.74. The van der Waals surface area contributed by atoms with Gasteiger partial charge in [-0.15, -0.1) is 11.8 Å². The van der Waals surface area contributed by atoms with Crippen molar-refractivity contribution in [2.45, 2.75) is 35.4 Å². The Balaban J connectivity index is 1.35. The van der Waals surface area contributed by atoms with Crippen LogP contribution in [-0.2, 0) is 6.54 Å². The summed E-state index contributed by atoms with van der Waals surface area (Å²) < 4.78 is 26.6. The molecule has 0 saturated carbocycles. The molecule has 1 fully saturated rings. The first-order valence-corrected chi connectivity index (χ1v) is 10.4. The highest BCUT2D eigenvalue weighted by Gasteiger charge is 2.42. The molecule has 0 unspecified atom stereocenters. The van der Waals surface area contributed by atoms with Crippen LogP contribution in [0.25, 0.3) is 0 Å². The molecule has 0 aliphatic carbocycles. The Morgan fingerprint density at radius 3 is 2.70 bits per heavy atom. The minimum atomic E-state index is -0.585. The van der Waals surface area contributed by atoms with Gasteiger partial charge >= 0.3 is 6.03 Å². The molecule has 2 amide bonds. The smallest absolute Gasteiger partial charge is 0.317 e. The van der Waals surface area contributed by atoms with E-state index in [1.165, 1.54) is 30.3 Å². The number of nitrogens with one attached hydrogen (secondary N) is 1. The van der Waals surface area contributed by atoms with Gasteiger partial charge in [0.05, 0.1) is 5.56 Å². The van der Waals surface area contributed by atoms with Gasteiger partial charge in [-0.05, 0) is 48.7 Å². The Kier molecular flexibility index (Phi) is 5.48. The maximum atomic E-state index is 13.5. The first kappa shape index (κ1) is 20.4. The van der Waals surface area contributed by atoms with E-state index in [0.29, 0.717) is 43.5 Å². The Labute approximate surface area is 177 Å². The van der Waals surface area contributed by atoms with Crippen molar-refractivity contribution in [3.05, 3.63) is 64.7 Å². The molecule has 2 heterocycles. The maximum Gasteiger partial charge on any atom is 0.317 e. The monoisotopic (exact) mass is 427 g/mol. The number of halogens is 2. The van der Waals surface area contributed by atoms with Crippen LogP contribution >= 0.6 is 11.8 Å². The van der Waals surface area contributed by atoms with E-state index in [1.54, 1.807) is 28.8 Å². The van der Waals surface area contributed by atoms with Gasteiger partial charge in [-0.3, -0.25) is 4.79 Å². The quantitative estimate of drug-likeness (QED) is 0.777. The number of piperidine rings is 1. The predicted molar refractivity (Wildman–Crippen MR) is 108 cm³/mol. The zero-order chi connectivity index (χ0) is 21.3. The highest BCUT2D eigenvalue weighted by molar-refractivity contribution is 8.01. The summed E-state index contributed by atoms with van der Waals surface area (Å²) in [5, 5.41) is 11.7. The zero-order valence-electron chi connectivity index (χ0n) is 16.1. The number of urea groups is 1. The summed E-state index contributed by atoms with van der Waals surface area (Å²) in [7, 11) is 0. The zero-order valence-corrected chi connectivity index (χ0v) is 16.9. The molecule has 5 nitrogen and oxygen atoms in total. The van der Waals surface area contributed by atoms with Crippen molar-refractivity contribution in [3.8, 4) is 6.07 Å². The van der Waals surface area contributed by atoms with E-state index >= 15 is 0 Å². The maximum absolute atomic E-state index is 13.5. The number of nitrogens with zero attached hydrogens (tertiary/aromatic N) is 2. The van der Waals surface area contributed by atoms with Crippen LogP contribution in [0.4, 0.5) is 13.6 Å². The third-order valence-corrected chi connectivity index (χ3v) is 7.17. The second-order valence-corrected chi connectivity index (χ2v) is 9.11. The fourth-order valence-corrected chi connectivity index (χ4v) is 5.40. The standard InChI is InChI=1S/C22H19F2N3O2S/c23-16-2-4-20-17(10-16)19(28)11-22(30-20)5-7-27(8-6-22)21(29)26-13-14-1-3-18(24)15(9-14)12-25/h1-4,9-10H,5-8,11,13H2,(H,26,29). The number of likely N-dealkylation sites (tertiary alicyclic amines) is 1. The second kappa shape index (κ2) is 8.07. The van der Waals surface area contributed by atoms with Crippen molar-refractivity contribution in [1.29, 1.82) is 5.26 Å². The fourth-order valence-electron chi connectivity index (χ4n) is 3.92. The largest absolute Gasteiger partial charge is 0.334 e. The van der Waals surface area contributed by atoms with Crippen molar-refractivity contribution in [2.75, 3.05) is 13.1 Å². The molecule has 1 N–H and O–H groups in total. The summed E-state index contributed by atoms with van der Waals surface area (Å²) in [6.45, 7) is 1.21. The minimum Gasteiger partial charge on any atom is -0.334 e. The minimum absolute atomic E-state index is 0.0502. The molecular formula is C22H19F2N3O2S. The molecule has 2 aliphatic heterocycles. The summed E-state index contributed by atoms with van der Waals surface area (Å²) in [6.07, 6.45) is 1.68. The van der Waals surface area contributed by atoms with Crippen LogP contribution in [0.3, 0.4) is 0 Å².